The second-order valence-corrected chi connectivity index (χ2v) is 6.22. The van der Waals surface area contributed by atoms with Gasteiger partial charge in [0.05, 0.1) is 0 Å². The summed E-state index contributed by atoms with van der Waals surface area (Å²) < 4.78 is 2.16. The molecule has 3 N–H and O–H groups in total. The van der Waals surface area contributed by atoms with Gasteiger partial charge in [-0.25, -0.2) is 0 Å². The standard InChI is InChI=1S/C20H27N5/c1-3-21-20(23-10-13-25-11-4-5-12-25)22-9-8-17-15-24-19-14-16(2)6-7-18(17)19/h4-7,11-12,14-15,24H,3,8-10,13H2,1-2H3,(H2,21,22,23). The SMILES string of the molecule is CCNC(=NCCc1c[nH]c2cc(C)ccc12)NCCn1cccc1. The van der Waals surface area contributed by atoms with Gasteiger partial charge in [0, 0.05) is 55.7 Å². The van der Waals surface area contributed by atoms with Gasteiger partial charge in [0.25, 0.3) is 0 Å². The van der Waals surface area contributed by atoms with E-state index in [1.165, 1.54) is 22.0 Å². The summed E-state index contributed by atoms with van der Waals surface area (Å²) in [6.07, 6.45) is 7.18. The molecule has 25 heavy (non-hydrogen) atoms. The molecular formula is C20H27N5. The fourth-order valence-electron chi connectivity index (χ4n) is 2.96. The Hall–Kier alpha value is -2.69. The van der Waals surface area contributed by atoms with Gasteiger partial charge in [-0.05, 0) is 49.6 Å². The fourth-order valence-corrected chi connectivity index (χ4v) is 2.96. The van der Waals surface area contributed by atoms with E-state index in [4.69, 9.17) is 4.99 Å². The van der Waals surface area contributed by atoms with Gasteiger partial charge in [-0.3, -0.25) is 4.99 Å². The van der Waals surface area contributed by atoms with E-state index in [1.807, 2.05) is 12.1 Å². The first kappa shape index (κ1) is 17.1. The van der Waals surface area contributed by atoms with Crippen molar-refractivity contribution < 1.29 is 0 Å². The van der Waals surface area contributed by atoms with Gasteiger partial charge in [-0.1, -0.05) is 12.1 Å². The normalized spacial score (nSPS) is 11.8. The minimum atomic E-state index is 0.764. The number of aryl methyl sites for hydroxylation is 1. The number of guanidine groups is 1. The lowest BCUT2D eigenvalue weighted by molar-refractivity contribution is 0.665. The quantitative estimate of drug-likeness (QED) is 0.458. The highest BCUT2D eigenvalue weighted by molar-refractivity contribution is 5.84. The summed E-state index contributed by atoms with van der Waals surface area (Å²) in [7, 11) is 0. The second-order valence-electron chi connectivity index (χ2n) is 6.22. The molecule has 0 atom stereocenters. The average molecular weight is 337 g/mol. The van der Waals surface area contributed by atoms with Crippen LogP contribution in [0.5, 0.6) is 0 Å². The Morgan fingerprint density at radius 1 is 1.20 bits per heavy atom. The molecule has 0 amide bonds. The van der Waals surface area contributed by atoms with Crippen molar-refractivity contribution >= 4 is 16.9 Å². The van der Waals surface area contributed by atoms with Crippen molar-refractivity contribution in [3.63, 3.8) is 0 Å². The Kier molecular flexibility index (Phi) is 5.77. The van der Waals surface area contributed by atoms with E-state index >= 15 is 0 Å². The van der Waals surface area contributed by atoms with Crippen LogP contribution in [-0.2, 0) is 13.0 Å². The molecule has 0 aliphatic rings. The van der Waals surface area contributed by atoms with Crippen LogP contribution in [0.3, 0.4) is 0 Å². The maximum atomic E-state index is 4.70. The molecule has 1 aromatic carbocycles. The summed E-state index contributed by atoms with van der Waals surface area (Å²) in [5, 5.41) is 8.00. The Bertz CT molecular complexity index is 814. The lowest BCUT2D eigenvalue weighted by Crippen LogP contribution is -2.39. The van der Waals surface area contributed by atoms with Crippen molar-refractivity contribution in [2.24, 2.45) is 4.99 Å². The topological polar surface area (TPSA) is 57.1 Å². The summed E-state index contributed by atoms with van der Waals surface area (Å²) in [6, 6.07) is 10.6. The van der Waals surface area contributed by atoms with Crippen molar-refractivity contribution in [3.05, 3.63) is 60.0 Å². The minimum absolute atomic E-state index is 0.764. The number of benzene rings is 1. The monoisotopic (exact) mass is 337 g/mol. The van der Waals surface area contributed by atoms with E-state index in [0.717, 1.165) is 38.6 Å². The van der Waals surface area contributed by atoms with Crippen molar-refractivity contribution in [3.8, 4) is 0 Å². The number of nitrogens with zero attached hydrogens (tertiary/aromatic N) is 2. The molecule has 0 bridgehead atoms. The third kappa shape index (κ3) is 4.66. The first-order valence-electron chi connectivity index (χ1n) is 8.96. The molecule has 0 radical (unpaired) electrons. The van der Waals surface area contributed by atoms with Crippen molar-refractivity contribution in [2.45, 2.75) is 26.8 Å². The van der Waals surface area contributed by atoms with E-state index in [9.17, 15) is 0 Å². The molecule has 3 rings (SSSR count). The van der Waals surface area contributed by atoms with Gasteiger partial charge in [0.1, 0.15) is 0 Å². The van der Waals surface area contributed by atoms with Crippen LogP contribution < -0.4 is 10.6 Å². The van der Waals surface area contributed by atoms with E-state index in [0.29, 0.717) is 0 Å². The van der Waals surface area contributed by atoms with Crippen LogP contribution in [0, 0.1) is 6.92 Å². The van der Waals surface area contributed by atoms with E-state index in [1.54, 1.807) is 0 Å². The van der Waals surface area contributed by atoms with Crippen LogP contribution in [-0.4, -0.2) is 35.1 Å². The molecule has 132 valence electrons. The van der Waals surface area contributed by atoms with Crippen LogP contribution in [0.15, 0.2) is 53.9 Å². The molecule has 0 unspecified atom stereocenters. The van der Waals surface area contributed by atoms with Gasteiger partial charge in [0.15, 0.2) is 5.96 Å². The lowest BCUT2D eigenvalue weighted by atomic mass is 10.1. The second kappa shape index (κ2) is 8.42. The molecule has 2 heterocycles. The van der Waals surface area contributed by atoms with Gasteiger partial charge in [-0.2, -0.15) is 0 Å². The third-order valence-electron chi connectivity index (χ3n) is 4.25. The summed E-state index contributed by atoms with van der Waals surface area (Å²) in [4.78, 5) is 8.06. The molecule has 5 heteroatoms. The van der Waals surface area contributed by atoms with Crippen molar-refractivity contribution in [2.75, 3.05) is 19.6 Å². The van der Waals surface area contributed by atoms with Crippen molar-refractivity contribution in [1.29, 1.82) is 0 Å². The predicted octanol–water partition coefficient (Wildman–Crippen LogP) is 3.08. The van der Waals surface area contributed by atoms with E-state index in [2.05, 4.69) is 70.8 Å². The first-order chi connectivity index (χ1) is 12.3. The highest BCUT2D eigenvalue weighted by Crippen LogP contribution is 2.19. The smallest absolute Gasteiger partial charge is 0.191 e. The lowest BCUT2D eigenvalue weighted by Gasteiger charge is -2.11. The average Bonchev–Trinajstić information content (AvgIpc) is 3.24. The number of fused-ring (bicyclic) bond motifs is 1. The van der Waals surface area contributed by atoms with Crippen LogP contribution in [0.25, 0.3) is 10.9 Å². The Morgan fingerprint density at radius 2 is 2.04 bits per heavy atom. The Labute approximate surface area is 149 Å². The molecule has 0 spiro atoms. The molecule has 0 aliphatic carbocycles. The maximum absolute atomic E-state index is 4.70. The van der Waals surface area contributed by atoms with Gasteiger partial charge in [0.2, 0.25) is 0 Å². The first-order valence-corrected chi connectivity index (χ1v) is 8.96. The van der Waals surface area contributed by atoms with Crippen LogP contribution in [0.2, 0.25) is 0 Å². The zero-order valence-electron chi connectivity index (χ0n) is 15.0. The summed E-state index contributed by atoms with van der Waals surface area (Å²) >= 11 is 0. The van der Waals surface area contributed by atoms with E-state index < -0.39 is 0 Å². The molecule has 0 saturated heterocycles. The molecular weight excluding hydrogens is 310 g/mol. The third-order valence-corrected chi connectivity index (χ3v) is 4.25. The van der Waals surface area contributed by atoms with Gasteiger partial charge in [-0.15, -0.1) is 0 Å². The summed E-state index contributed by atoms with van der Waals surface area (Å²) in [5.41, 5.74) is 3.80. The largest absolute Gasteiger partial charge is 0.361 e. The number of nitrogens with one attached hydrogen (secondary N) is 3. The maximum Gasteiger partial charge on any atom is 0.191 e. The summed E-state index contributed by atoms with van der Waals surface area (Å²) in [5.74, 6) is 0.880. The number of hydrogen-bond acceptors (Lipinski definition) is 1. The number of H-pyrrole nitrogens is 1. The summed E-state index contributed by atoms with van der Waals surface area (Å²) in [6.45, 7) is 7.62. The number of aromatic nitrogens is 2. The Balaban J connectivity index is 1.55. The fraction of sp³-hybridized carbons (Fsp3) is 0.350. The molecule has 5 nitrogen and oxygen atoms in total. The Morgan fingerprint density at radius 3 is 2.84 bits per heavy atom. The van der Waals surface area contributed by atoms with E-state index in [-0.39, 0.29) is 0 Å². The molecule has 0 saturated carbocycles. The predicted molar refractivity (Wildman–Crippen MR) is 105 cm³/mol. The van der Waals surface area contributed by atoms with Crippen LogP contribution in [0.4, 0.5) is 0 Å². The molecule has 2 aromatic heterocycles. The molecule has 0 aliphatic heterocycles. The molecule has 0 fully saturated rings. The number of hydrogen-bond donors (Lipinski definition) is 3. The zero-order chi connectivity index (χ0) is 17.5. The minimum Gasteiger partial charge on any atom is -0.361 e. The number of rotatable bonds is 7. The van der Waals surface area contributed by atoms with Crippen molar-refractivity contribution in [1.82, 2.24) is 20.2 Å². The van der Waals surface area contributed by atoms with Gasteiger partial charge < -0.3 is 20.2 Å². The number of aliphatic imine (C=N–C) groups is 1. The van der Waals surface area contributed by atoms with Crippen LogP contribution >= 0.6 is 0 Å². The van der Waals surface area contributed by atoms with Gasteiger partial charge >= 0.3 is 0 Å². The number of aromatic amines is 1. The highest BCUT2D eigenvalue weighted by Gasteiger charge is 2.04. The zero-order valence-corrected chi connectivity index (χ0v) is 15.0. The molecule has 3 aromatic rings. The van der Waals surface area contributed by atoms with Crippen LogP contribution in [0.1, 0.15) is 18.1 Å². The highest BCUT2D eigenvalue weighted by atomic mass is 15.2.